The first-order valence-corrected chi connectivity index (χ1v) is 11.5. The molecule has 1 atom stereocenters. The summed E-state index contributed by atoms with van der Waals surface area (Å²) < 4.78 is 10.9. The maximum Gasteiger partial charge on any atom is 0.319 e. The van der Waals surface area contributed by atoms with Crippen molar-refractivity contribution in [3.05, 3.63) is 57.1 Å². The molecule has 0 bridgehead atoms. The van der Waals surface area contributed by atoms with Crippen LogP contribution in [0.4, 0.5) is 16.2 Å². The number of hydrogen-bond acceptors (Lipinski definition) is 6. The Balaban J connectivity index is 1.38. The number of fused-ring (bicyclic) bond motifs is 1. The van der Waals surface area contributed by atoms with Crippen molar-refractivity contribution in [2.24, 2.45) is 0 Å². The molecule has 9 nitrogen and oxygen atoms in total. The molecule has 2 aromatic carbocycles. The third-order valence-electron chi connectivity index (χ3n) is 6.06. The summed E-state index contributed by atoms with van der Waals surface area (Å²) in [5.41, 5.74) is 1.09. The van der Waals surface area contributed by atoms with Crippen LogP contribution in [0.2, 0.25) is 5.02 Å². The lowest BCUT2D eigenvalue weighted by molar-refractivity contribution is -0.384. The van der Waals surface area contributed by atoms with Crippen molar-refractivity contribution in [1.82, 2.24) is 10.6 Å². The van der Waals surface area contributed by atoms with E-state index in [-0.39, 0.29) is 23.4 Å². The number of amides is 2. The standard InChI is InChI=1S/C23H27ClN4O5/c24-19-7-6-18(12-20(19)28(30)31)27-23(29)26-13-16(9-10-25-17-3-1-2-4-17)15-5-8-21-22(11-15)33-14-32-21/h5-8,11-12,16-17,25H,1-4,9-10,13-14H2,(H2,26,27,29). The van der Waals surface area contributed by atoms with E-state index in [1.54, 1.807) is 0 Å². The molecule has 0 aromatic heterocycles. The van der Waals surface area contributed by atoms with Gasteiger partial charge in [-0.3, -0.25) is 10.1 Å². The van der Waals surface area contributed by atoms with E-state index in [9.17, 15) is 14.9 Å². The topological polar surface area (TPSA) is 115 Å². The second kappa shape index (κ2) is 10.7. The molecule has 3 N–H and O–H groups in total. The van der Waals surface area contributed by atoms with Gasteiger partial charge in [-0.25, -0.2) is 4.79 Å². The molecular formula is C23H27ClN4O5. The van der Waals surface area contributed by atoms with Gasteiger partial charge in [0.2, 0.25) is 6.79 Å². The molecule has 1 aliphatic heterocycles. The number of halogens is 1. The van der Waals surface area contributed by atoms with Crippen LogP contribution >= 0.6 is 11.6 Å². The van der Waals surface area contributed by atoms with E-state index < -0.39 is 11.0 Å². The van der Waals surface area contributed by atoms with E-state index in [0.29, 0.717) is 24.0 Å². The number of nitrogens with one attached hydrogen (secondary N) is 3. The van der Waals surface area contributed by atoms with Gasteiger partial charge in [-0.05, 0) is 55.6 Å². The molecule has 10 heteroatoms. The van der Waals surface area contributed by atoms with Gasteiger partial charge in [0.15, 0.2) is 11.5 Å². The van der Waals surface area contributed by atoms with Gasteiger partial charge in [0, 0.05) is 30.3 Å². The predicted octanol–water partition coefficient (Wildman–Crippen LogP) is 4.80. The van der Waals surface area contributed by atoms with Crippen LogP contribution in [0, 0.1) is 10.1 Å². The number of carbonyl (C=O) groups is 1. The Kier molecular flexibility index (Phi) is 7.51. The molecular weight excluding hydrogens is 448 g/mol. The number of nitro benzene ring substituents is 1. The van der Waals surface area contributed by atoms with Crippen molar-refractivity contribution in [1.29, 1.82) is 0 Å². The maximum atomic E-state index is 12.5. The number of benzene rings is 2. The van der Waals surface area contributed by atoms with Crippen LogP contribution in [0.15, 0.2) is 36.4 Å². The minimum absolute atomic E-state index is 0.0172. The smallest absolute Gasteiger partial charge is 0.319 e. The molecule has 0 radical (unpaired) electrons. The quantitative estimate of drug-likeness (QED) is 0.355. The van der Waals surface area contributed by atoms with Gasteiger partial charge >= 0.3 is 6.03 Å². The Morgan fingerprint density at radius 2 is 1.94 bits per heavy atom. The molecule has 1 saturated carbocycles. The zero-order valence-corrected chi connectivity index (χ0v) is 18.9. The predicted molar refractivity (Wildman–Crippen MR) is 125 cm³/mol. The summed E-state index contributed by atoms with van der Waals surface area (Å²) in [5, 5.41) is 20.2. The molecule has 1 fully saturated rings. The third-order valence-corrected chi connectivity index (χ3v) is 6.38. The summed E-state index contributed by atoms with van der Waals surface area (Å²) in [7, 11) is 0. The van der Waals surface area contributed by atoms with Crippen LogP contribution in [0.5, 0.6) is 11.5 Å². The number of hydrogen-bond donors (Lipinski definition) is 3. The van der Waals surface area contributed by atoms with Crippen LogP contribution in [0.1, 0.15) is 43.6 Å². The molecule has 2 aliphatic rings. The van der Waals surface area contributed by atoms with Gasteiger partial charge in [0.25, 0.3) is 5.69 Å². The fraction of sp³-hybridized carbons (Fsp3) is 0.435. The Hall–Kier alpha value is -3.04. The fourth-order valence-electron chi connectivity index (χ4n) is 4.27. The Morgan fingerprint density at radius 3 is 2.73 bits per heavy atom. The van der Waals surface area contributed by atoms with Gasteiger partial charge in [-0.2, -0.15) is 0 Å². The molecule has 0 saturated heterocycles. The molecule has 1 unspecified atom stereocenters. The number of urea groups is 1. The number of carbonyl (C=O) groups excluding carboxylic acids is 1. The van der Waals surface area contributed by atoms with E-state index >= 15 is 0 Å². The Bertz CT molecular complexity index is 1010. The lowest BCUT2D eigenvalue weighted by atomic mass is 9.95. The zero-order chi connectivity index (χ0) is 23.2. The molecule has 2 aromatic rings. The first kappa shape index (κ1) is 23.1. The second-order valence-corrected chi connectivity index (χ2v) is 8.70. The number of rotatable bonds is 9. The molecule has 176 valence electrons. The van der Waals surface area contributed by atoms with Crippen LogP contribution in [-0.2, 0) is 0 Å². The molecule has 1 aliphatic carbocycles. The highest BCUT2D eigenvalue weighted by atomic mass is 35.5. The van der Waals surface area contributed by atoms with Gasteiger partial charge in [-0.15, -0.1) is 0 Å². The van der Waals surface area contributed by atoms with E-state index in [1.807, 2.05) is 18.2 Å². The summed E-state index contributed by atoms with van der Waals surface area (Å²) in [6, 6.07) is 10.1. The highest BCUT2D eigenvalue weighted by Gasteiger charge is 2.21. The van der Waals surface area contributed by atoms with E-state index in [2.05, 4.69) is 16.0 Å². The summed E-state index contributed by atoms with van der Waals surface area (Å²) in [4.78, 5) is 23.0. The lowest BCUT2D eigenvalue weighted by Gasteiger charge is -2.20. The zero-order valence-electron chi connectivity index (χ0n) is 18.1. The minimum atomic E-state index is -0.585. The molecule has 2 amide bonds. The summed E-state index contributed by atoms with van der Waals surface area (Å²) >= 11 is 5.84. The van der Waals surface area contributed by atoms with Gasteiger partial charge in [0.05, 0.1) is 4.92 Å². The first-order chi connectivity index (χ1) is 16.0. The molecule has 33 heavy (non-hydrogen) atoms. The largest absolute Gasteiger partial charge is 0.454 e. The number of nitrogens with zero attached hydrogens (tertiary/aromatic N) is 1. The van der Waals surface area contributed by atoms with E-state index in [1.165, 1.54) is 43.9 Å². The number of nitro groups is 1. The van der Waals surface area contributed by atoms with Gasteiger partial charge in [-0.1, -0.05) is 30.5 Å². The average Bonchev–Trinajstić information content (AvgIpc) is 3.48. The van der Waals surface area contributed by atoms with Crippen molar-refractivity contribution < 1.29 is 19.2 Å². The van der Waals surface area contributed by atoms with E-state index in [4.69, 9.17) is 21.1 Å². The highest BCUT2D eigenvalue weighted by molar-refractivity contribution is 6.32. The average molecular weight is 475 g/mol. The molecule has 0 spiro atoms. The second-order valence-electron chi connectivity index (χ2n) is 8.29. The first-order valence-electron chi connectivity index (χ1n) is 11.1. The maximum absolute atomic E-state index is 12.5. The highest BCUT2D eigenvalue weighted by Crippen LogP contribution is 2.35. The van der Waals surface area contributed by atoms with Crippen molar-refractivity contribution >= 4 is 29.0 Å². The fourth-order valence-corrected chi connectivity index (χ4v) is 4.45. The SMILES string of the molecule is O=C(NCC(CCNC1CCCC1)c1ccc2c(c1)OCO2)Nc1ccc(Cl)c([N+](=O)[O-])c1. The van der Waals surface area contributed by atoms with Gasteiger partial charge in [0.1, 0.15) is 5.02 Å². The minimum Gasteiger partial charge on any atom is -0.454 e. The van der Waals surface area contributed by atoms with E-state index in [0.717, 1.165) is 24.3 Å². The summed E-state index contributed by atoms with van der Waals surface area (Å²) in [6.45, 7) is 1.45. The molecule has 1 heterocycles. The molecule has 4 rings (SSSR count). The van der Waals surface area contributed by atoms with Crippen molar-refractivity contribution in [3.63, 3.8) is 0 Å². The monoisotopic (exact) mass is 474 g/mol. The van der Waals surface area contributed by atoms with Crippen LogP contribution in [-0.4, -0.2) is 36.9 Å². The summed E-state index contributed by atoms with van der Waals surface area (Å²) in [6.07, 6.45) is 5.80. The normalized spacial score (nSPS) is 15.9. The third kappa shape index (κ3) is 6.06. The van der Waals surface area contributed by atoms with Gasteiger partial charge < -0.3 is 25.4 Å². The number of ether oxygens (including phenoxy) is 2. The Labute approximate surface area is 196 Å². The van der Waals surface area contributed by atoms with Crippen molar-refractivity contribution in [2.45, 2.75) is 44.1 Å². The Morgan fingerprint density at radius 1 is 1.15 bits per heavy atom. The van der Waals surface area contributed by atoms with Crippen molar-refractivity contribution in [2.75, 3.05) is 25.2 Å². The van der Waals surface area contributed by atoms with Crippen LogP contribution < -0.4 is 25.4 Å². The van der Waals surface area contributed by atoms with Crippen LogP contribution in [0.25, 0.3) is 0 Å². The number of anilines is 1. The summed E-state index contributed by atoms with van der Waals surface area (Å²) in [5.74, 6) is 1.48. The van der Waals surface area contributed by atoms with Crippen LogP contribution in [0.3, 0.4) is 0 Å². The lowest BCUT2D eigenvalue weighted by Crippen LogP contribution is -2.34. The van der Waals surface area contributed by atoms with Crippen molar-refractivity contribution in [3.8, 4) is 11.5 Å².